The predicted octanol–water partition coefficient (Wildman–Crippen LogP) is 4.32. The zero-order chi connectivity index (χ0) is 19.7. The lowest BCUT2D eigenvalue weighted by Gasteiger charge is -2.22. The van der Waals surface area contributed by atoms with Crippen molar-refractivity contribution in [3.8, 4) is 10.6 Å². The molecule has 0 aliphatic heterocycles. The number of aromatic nitrogens is 1. The second kappa shape index (κ2) is 7.28. The van der Waals surface area contributed by atoms with Gasteiger partial charge in [-0.2, -0.15) is 0 Å². The molecule has 0 saturated carbocycles. The van der Waals surface area contributed by atoms with E-state index in [9.17, 15) is 19.1 Å². The number of carboxylic acids is 1. The molecule has 0 fully saturated rings. The summed E-state index contributed by atoms with van der Waals surface area (Å²) in [5.41, 5.74) is 2.34. The number of carboxylic acid groups (broad SMARTS) is 1. The quantitative estimate of drug-likeness (QED) is 0.675. The van der Waals surface area contributed by atoms with Gasteiger partial charge in [0, 0.05) is 23.8 Å². The first kappa shape index (κ1) is 18.5. The van der Waals surface area contributed by atoms with Crippen LogP contribution in [0.3, 0.4) is 0 Å². The van der Waals surface area contributed by atoms with Crippen LogP contribution in [-0.2, 0) is 28.9 Å². The fraction of sp³-hybridized carbons (Fsp3) is 0.227. The average molecular weight is 395 g/mol. The highest BCUT2D eigenvalue weighted by molar-refractivity contribution is 7.13. The standard InChI is InChI=1S/C22H18FNO3S/c23-17-7-5-14(6-8-17)20-24-18(13-28-20)9-19(25)12-22(21(26)27)10-15-3-1-2-4-16(15)11-22/h1-8,13H,9-12H2,(H,26,27). The summed E-state index contributed by atoms with van der Waals surface area (Å²) in [6, 6.07) is 13.7. The lowest BCUT2D eigenvalue weighted by Crippen LogP contribution is -2.34. The van der Waals surface area contributed by atoms with Gasteiger partial charge in [-0.15, -0.1) is 11.3 Å². The van der Waals surface area contributed by atoms with E-state index < -0.39 is 11.4 Å². The molecule has 0 atom stereocenters. The van der Waals surface area contributed by atoms with Crippen LogP contribution in [0.15, 0.2) is 53.9 Å². The normalized spacial score (nSPS) is 14.6. The van der Waals surface area contributed by atoms with Crippen molar-refractivity contribution in [2.45, 2.75) is 25.7 Å². The monoisotopic (exact) mass is 395 g/mol. The number of Topliss-reactive ketones (excluding diaryl/α,β-unsaturated/α-hetero) is 1. The Balaban J connectivity index is 1.47. The number of halogens is 1. The number of nitrogens with zero attached hydrogens (tertiary/aromatic N) is 1. The summed E-state index contributed by atoms with van der Waals surface area (Å²) in [6.07, 6.45) is 0.841. The number of hydrogen-bond acceptors (Lipinski definition) is 4. The number of thiazole rings is 1. The van der Waals surface area contributed by atoms with Crippen molar-refractivity contribution in [1.82, 2.24) is 4.98 Å². The van der Waals surface area contributed by atoms with Crippen molar-refractivity contribution in [2.75, 3.05) is 0 Å². The third kappa shape index (κ3) is 3.60. The van der Waals surface area contributed by atoms with Crippen LogP contribution in [0.4, 0.5) is 4.39 Å². The van der Waals surface area contributed by atoms with Crippen molar-refractivity contribution < 1.29 is 19.1 Å². The highest BCUT2D eigenvalue weighted by Gasteiger charge is 2.45. The van der Waals surface area contributed by atoms with Crippen molar-refractivity contribution in [3.63, 3.8) is 0 Å². The molecule has 0 bridgehead atoms. The van der Waals surface area contributed by atoms with Crippen LogP contribution in [-0.4, -0.2) is 21.8 Å². The van der Waals surface area contributed by atoms with Gasteiger partial charge in [0.2, 0.25) is 0 Å². The van der Waals surface area contributed by atoms with Crippen LogP contribution in [0.5, 0.6) is 0 Å². The summed E-state index contributed by atoms with van der Waals surface area (Å²) in [5, 5.41) is 12.3. The molecule has 0 spiro atoms. The second-order valence-corrected chi connectivity index (χ2v) is 8.11. The lowest BCUT2D eigenvalue weighted by atomic mass is 9.79. The van der Waals surface area contributed by atoms with E-state index >= 15 is 0 Å². The van der Waals surface area contributed by atoms with Gasteiger partial charge in [-0.05, 0) is 48.2 Å². The van der Waals surface area contributed by atoms with Gasteiger partial charge >= 0.3 is 5.97 Å². The Kier molecular flexibility index (Phi) is 4.81. The Morgan fingerprint density at radius 1 is 1.07 bits per heavy atom. The van der Waals surface area contributed by atoms with Gasteiger partial charge < -0.3 is 5.11 Å². The number of fused-ring (bicyclic) bond motifs is 1. The number of hydrogen-bond donors (Lipinski definition) is 1. The molecular formula is C22H18FNO3S. The van der Waals surface area contributed by atoms with E-state index in [4.69, 9.17) is 0 Å². The molecule has 0 saturated heterocycles. The van der Waals surface area contributed by atoms with E-state index in [1.807, 2.05) is 24.3 Å². The molecule has 1 aliphatic rings. The molecule has 4 nitrogen and oxygen atoms in total. The molecule has 4 rings (SSSR count). The number of rotatable bonds is 6. The molecule has 0 amide bonds. The Morgan fingerprint density at radius 2 is 1.71 bits per heavy atom. The SMILES string of the molecule is O=C(Cc1csc(-c2ccc(F)cc2)n1)CC1(C(=O)O)Cc2ccccc2C1. The molecule has 2 aromatic carbocycles. The van der Waals surface area contributed by atoms with Crippen LogP contribution in [0.25, 0.3) is 10.6 Å². The second-order valence-electron chi connectivity index (χ2n) is 7.25. The lowest BCUT2D eigenvalue weighted by molar-refractivity contribution is -0.151. The van der Waals surface area contributed by atoms with E-state index in [2.05, 4.69) is 4.98 Å². The Labute approximate surface area is 165 Å². The van der Waals surface area contributed by atoms with Gasteiger partial charge in [0.25, 0.3) is 0 Å². The summed E-state index contributed by atoms with van der Waals surface area (Å²) >= 11 is 1.39. The number of carbonyl (C=O) groups excluding carboxylic acids is 1. The summed E-state index contributed by atoms with van der Waals surface area (Å²) in [4.78, 5) is 29.1. The predicted molar refractivity (Wildman–Crippen MR) is 105 cm³/mol. The van der Waals surface area contributed by atoms with Crippen LogP contribution in [0.2, 0.25) is 0 Å². The Morgan fingerprint density at radius 3 is 2.32 bits per heavy atom. The first-order valence-electron chi connectivity index (χ1n) is 8.97. The molecule has 1 aliphatic carbocycles. The highest BCUT2D eigenvalue weighted by atomic mass is 32.1. The van der Waals surface area contributed by atoms with Gasteiger partial charge in [0.05, 0.1) is 11.1 Å². The fourth-order valence-electron chi connectivity index (χ4n) is 3.80. The first-order chi connectivity index (χ1) is 13.4. The molecule has 1 aromatic heterocycles. The summed E-state index contributed by atoms with van der Waals surface area (Å²) in [5.74, 6) is -1.37. The molecule has 28 heavy (non-hydrogen) atoms. The van der Waals surface area contributed by atoms with Crippen molar-refractivity contribution in [2.24, 2.45) is 5.41 Å². The molecular weight excluding hydrogens is 377 g/mol. The maximum Gasteiger partial charge on any atom is 0.310 e. The van der Waals surface area contributed by atoms with Crippen LogP contribution >= 0.6 is 11.3 Å². The van der Waals surface area contributed by atoms with E-state index in [1.165, 1.54) is 23.5 Å². The van der Waals surface area contributed by atoms with E-state index in [1.54, 1.807) is 17.5 Å². The zero-order valence-electron chi connectivity index (χ0n) is 15.0. The first-order valence-corrected chi connectivity index (χ1v) is 9.85. The molecule has 142 valence electrons. The van der Waals surface area contributed by atoms with Crippen LogP contribution < -0.4 is 0 Å². The van der Waals surface area contributed by atoms with Gasteiger partial charge in [-0.1, -0.05) is 24.3 Å². The summed E-state index contributed by atoms with van der Waals surface area (Å²) < 4.78 is 13.1. The minimum atomic E-state index is -1.07. The van der Waals surface area contributed by atoms with Gasteiger partial charge in [-0.3, -0.25) is 9.59 Å². The third-order valence-electron chi connectivity index (χ3n) is 5.19. The number of aliphatic carboxylic acids is 1. The summed E-state index contributed by atoms with van der Waals surface area (Å²) in [7, 11) is 0. The number of benzene rings is 2. The zero-order valence-corrected chi connectivity index (χ0v) is 15.8. The molecule has 0 radical (unpaired) electrons. The maximum atomic E-state index is 13.1. The van der Waals surface area contributed by atoms with Gasteiger partial charge in [0.1, 0.15) is 16.6 Å². The minimum absolute atomic E-state index is 0.0135. The number of ketones is 1. The Bertz CT molecular complexity index is 1020. The third-order valence-corrected chi connectivity index (χ3v) is 6.13. The smallest absolute Gasteiger partial charge is 0.310 e. The molecule has 1 N–H and O–H groups in total. The van der Waals surface area contributed by atoms with Gasteiger partial charge in [-0.25, -0.2) is 9.37 Å². The summed E-state index contributed by atoms with van der Waals surface area (Å²) in [6.45, 7) is 0. The largest absolute Gasteiger partial charge is 0.481 e. The molecule has 3 aromatic rings. The Hall–Kier alpha value is -2.86. The van der Waals surface area contributed by atoms with Crippen molar-refractivity contribution >= 4 is 23.1 Å². The average Bonchev–Trinajstić information content (AvgIpc) is 3.27. The highest BCUT2D eigenvalue weighted by Crippen LogP contribution is 2.40. The minimum Gasteiger partial charge on any atom is -0.481 e. The molecule has 1 heterocycles. The van der Waals surface area contributed by atoms with E-state index in [0.29, 0.717) is 23.5 Å². The van der Waals surface area contributed by atoms with E-state index in [0.717, 1.165) is 16.7 Å². The van der Waals surface area contributed by atoms with Gasteiger partial charge in [0.15, 0.2) is 0 Å². The maximum absolute atomic E-state index is 13.1. The van der Waals surface area contributed by atoms with Crippen LogP contribution in [0, 0.1) is 11.2 Å². The van der Waals surface area contributed by atoms with E-state index in [-0.39, 0.29) is 24.4 Å². The van der Waals surface area contributed by atoms with Crippen molar-refractivity contribution in [3.05, 3.63) is 76.5 Å². The van der Waals surface area contributed by atoms with Crippen molar-refractivity contribution in [1.29, 1.82) is 0 Å². The fourth-order valence-corrected chi connectivity index (χ4v) is 4.63. The molecule has 6 heteroatoms. The number of carbonyl (C=O) groups is 2. The molecule has 0 unspecified atom stereocenters. The van der Waals surface area contributed by atoms with Crippen LogP contribution in [0.1, 0.15) is 23.2 Å². The topological polar surface area (TPSA) is 67.3 Å².